The van der Waals surface area contributed by atoms with E-state index >= 15 is 0 Å². The highest BCUT2D eigenvalue weighted by Gasteiger charge is 2.23. The van der Waals surface area contributed by atoms with Gasteiger partial charge < -0.3 is 14.8 Å². The second-order valence-electron chi connectivity index (χ2n) is 4.95. The molecule has 2 heterocycles. The highest BCUT2D eigenvalue weighted by atomic mass is 16.5. The van der Waals surface area contributed by atoms with E-state index in [4.69, 9.17) is 9.47 Å². The topological polar surface area (TPSA) is 33.7 Å². The lowest BCUT2D eigenvalue weighted by atomic mass is 10.1. The first-order valence-corrected chi connectivity index (χ1v) is 6.60. The van der Waals surface area contributed by atoms with Crippen LogP contribution in [-0.2, 0) is 11.3 Å². The Hall–Kier alpha value is -1.26. The first-order chi connectivity index (χ1) is 8.86. The number of rotatable bonds is 3. The van der Waals surface area contributed by atoms with Gasteiger partial charge in [-0.25, -0.2) is 0 Å². The lowest BCUT2D eigenvalue weighted by molar-refractivity contribution is 0.107. The summed E-state index contributed by atoms with van der Waals surface area (Å²) in [5.41, 5.74) is 2.40. The van der Waals surface area contributed by atoms with Crippen LogP contribution in [-0.4, -0.2) is 44.4 Å². The Balaban J connectivity index is 1.73. The van der Waals surface area contributed by atoms with Gasteiger partial charge in [-0.1, -0.05) is 12.1 Å². The molecular weight excluding hydrogens is 228 g/mol. The number of hydrogen-bond donors (Lipinski definition) is 1. The van der Waals surface area contributed by atoms with Crippen LogP contribution in [0, 0.1) is 0 Å². The third kappa shape index (κ3) is 2.31. The molecule has 2 aliphatic heterocycles. The van der Waals surface area contributed by atoms with Crippen LogP contribution < -0.4 is 10.1 Å². The zero-order valence-corrected chi connectivity index (χ0v) is 10.8. The molecule has 98 valence electrons. The van der Waals surface area contributed by atoms with Crippen LogP contribution in [0.4, 0.5) is 5.69 Å². The fourth-order valence-electron chi connectivity index (χ4n) is 2.73. The number of fused-ring (bicyclic) bond motifs is 1. The van der Waals surface area contributed by atoms with Crippen LogP contribution in [0.25, 0.3) is 0 Å². The molecule has 0 aliphatic carbocycles. The summed E-state index contributed by atoms with van der Waals surface area (Å²) in [7, 11) is 1.80. The first kappa shape index (κ1) is 11.8. The van der Waals surface area contributed by atoms with Gasteiger partial charge in [-0.2, -0.15) is 0 Å². The molecule has 0 radical (unpaired) electrons. The van der Waals surface area contributed by atoms with Crippen molar-refractivity contribution in [3.05, 3.63) is 23.8 Å². The van der Waals surface area contributed by atoms with Crippen molar-refractivity contribution in [2.75, 3.05) is 38.7 Å². The molecule has 0 saturated carbocycles. The van der Waals surface area contributed by atoms with Gasteiger partial charge in [-0.15, -0.1) is 0 Å². The molecule has 1 saturated heterocycles. The molecule has 1 unspecified atom stereocenters. The molecule has 1 N–H and O–H groups in total. The van der Waals surface area contributed by atoms with Gasteiger partial charge in [0.25, 0.3) is 0 Å². The molecule has 18 heavy (non-hydrogen) atoms. The van der Waals surface area contributed by atoms with Gasteiger partial charge in [-0.05, 0) is 12.5 Å². The highest BCUT2D eigenvalue weighted by molar-refractivity contribution is 5.61. The minimum absolute atomic E-state index is 0.392. The number of para-hydroxylation sites is 1. The number of nitrogens with zero attached hydrogens (tertiary/aromatic N) is 1. The van der Waals surface area contributed by atoms with Gasteiger partial charge in [0.15, 0.2) is 0 Å². The molecule has 1 fully saturated rings. The van der Waals surface area contributed by atoms with Crippen LogP contribution in [0.5, 0.6) is 5.75 Å². The lowest BCUT2D eigenvalue weighted by Gasteiger charge is -2.24. The van der Waals surface area contributed by atoms with E-state index in [0.717, 1.165) is 50.6 Å². The SMILES string of the molecule is COC1CCN(Cc2cccc3c2OCCN3)C1. The van der Waals surface area contributed by atoms with Crippen molar-refractivity contribution in [2.24, 2.45) is 0 Å². The van der Waals surface area contributed by atoms with Gasteiger partial charge in [-0.3, -0.25) is 4.90 Å². The van der Waals surface area contributed by atoms with Crippen LogP contribution in [0.2, 0.25) is 0 Å². The van der Waals surface area contributed by atoms with Crippen LogP contribution in [0.15, 0.2) is 18.2 Å². The van der Waals surface area contributed by atoms with Crippen molar-refractivity contribution in [1.29, 1.82) is 0 Å². The number of anilines is 1. The number of nitrogens with one attached hydrogen (secondary N) is 1. The van der Waals surface area contributed by atoms with Crippen molar-refractivity contribution in [3.8, 4) is 5.75 Å². The fraction of sp³-hybridized carbons (Fsp3) is 0.571. The van der Waals surface area contributed by atoms with Gasteiger partial charge in [0.05, 0.1) is 11.8 Å². The van der Waals surface area contributed by atoms with Crippen molar-refractivity contribution in [3.63, 3.8) is 0 Å². The molecule has 0 bridgehead atoms. The predicted molar refractivity (Wildman–Crippen MR) is 71.1 cm³/mol. The second-order valence-corrected chi connectivity index (χ2v) is 4.95. The normalized spacial score (nSPS) is 23.3. The molecule has 4 nitrogen and oxygen atoms in total. The Morgan fingerprint density at radius 2 is 2.44 bits per heavy atom. The highest BCUT2D eigenvalue weighted by Crippen LogP contribution is 2.32. The van der Waals surface area contributed by atoms with Gasteiger partial charge in [0.2, 0.25) is 0 Å². The third-order valence-electron chi connectivity index (χ3n) is 3.72. The molecule has 4 heteroatoms. The third-order valence-corrected chi connectivity index (χ3v) is 3.72. The largest absolute Gasteiger partial charge is 0.489 e. The summed E-state index contributed by atoms with van der Waals surface area (Å²) in [6.45, 7) is 4.73. The summed E-state index contributed by atoms with van der Waals surface area (Å²) in [6.07, 6.45) is 1.52. The van der Waals surface area contributed by atoms with Crippen molar-refractivity contribution >= 4 is 5.69 Å². The number of ether oxygens (including phenoxy) is 2. The Morgan fingerprint density at radius 3 is 3.28 bits per heavy atom. The Bertz CT molecular complexity index is 422. The zero-order valence-electron chi connectivity index (χ0n) is 10.8. The van der Waals surface area contributed by atoms with E-state index in [9.17, 15) is 0 Å². The van der Waals surface area contributed by atoms with E-state index in [2.05, 4.69) is 28.4 Å². The molecule has 0 spiro atoms. The predicted octanol–water partition coefficient (Wildman–Crippen LogP) is 1.71. The number of benzene rings is 1. The molecule has 1 aromatic rings. The van der Waals surface area contributed by atoms with Crippen molar-refractivity contribution < 1.29 is 9.47 Å². The average molecular weight is 248 g/mol. The van der Waals surface area contributed by atoms with Crippen molar-refractivity contribution in [1.82, 2.24) is 4.90 Å². The number of likely N-dealkylation sites (tertiary alicyclic amines) is 1. The van der Waals surface area contributed by atoms with Crippen molar-refractivity contribution in [2.45, 2.75) is 19.1 Å². The summed E-state index contributed by atoms with van der Waals surface area (Å²) >= 11 is 0. The summed E-state index contributed by atoms with van der Waals surface area (Å²) in [6, 6.07) is 6.34. The zero-order chi connectivity index (χ0) is 12.4. The fourth-order valence-corrected chi connectivity index (χ4v) is 2.73. The molecule has 0 amide bonds. The van der Waals surface area contributed by atoms with Crippen LogP contribution >= 0.6 is 0 Å². The number of hydrogen-bond acceptors (Lipinski definition) is 4. The number of methoxy groups -OCH3 is 1. The molecule has 2 aliphatic rings. The lowest BCUT2D eigenvalue weighted by Crippen LogP contribution is -2.24. The monoisotopic (exact) mass is 248 g/mol. The van der Waals surface area contributed by atoms with Crippen LogP contribution in [0.1, 0.15) is 12.0 Å². The van der Waals surface area contributed by atoms with E-state index in [0.29, 0.717) is 6.10 Å². The summed E-state index contributed by atoms with van der Waals surface area (Å²) in [5.74, 6) is 1.03. The minimum atomic E-state index is 0.392. The Labute approximate surface area is 108 Å². The smallest absolute Gasteiger partial charge is 0.146 e. The van der Waals surface area contributed by atoms with Gasteiger partial charge >= 0.3 is 0 Å². The van der Waals surface area contributed by atoms with Gasteiger partial charge in [0.1, 0.15) is 12.4 Å². The van der Waals surface area contributed by atoms with E-state index in [-0.39, 0.29) is 0 Å². The first-order valence-electron chi connectivity index (χ1n) is 6.60. The minimum Gasteiger partial charge on any atom is -0.489 e. The molecule has 1 atom stereocenters. The Kier molecular flexibility index (Phi) is 3.39. The maximum Gasteiger partial charge on any atom is 0.146 e. The average Bonchev–Trinajstić information content (AvgIpc) is 2.87. The standard InChI is InChI=1S/C14H20N2O2/c1-17-12-5-7-16(10-12)9-11-3-2-4-13-14(11)18-8-6-15-13/h2-4,12,15H,5-10H2,1H3. The molecule has 3 rings (SSSR count). The molecule has 1 aromatic carbocycles. The summed E-state index contributed by atoms with van der Waals surface area (Å²) in [4.78, 5) is 2.43. The molecule has 0 aromatic heterocycles. The van der Waals surface area contributed by atoms with E-state index in [1.165, 1.54) is 5.56 Å². The summed E-state index contributed by atoms with van der Waals surface area (Å²) in [5, 5.41) is 3.38. The van der Waals surface area contributed by atoms with Crippen LogP contribution in [0.3, 0.4) is 0 Å². The molecular formula is C14H20N2O2. The van der Waals surface area contributed by atoms with E-state index in [1.54, 1.807) is 7.11 Å². The van der Waals surface area contributed by atoms with Gasteiger partial charge in [0, 0.05) is 38.9 Å². The van der Waals surface area contributed by atoms with E-state index < -0.39 is 0 Å². The maximum absolute atomic E-state index is 5.80. The van der Waals surface area contributed by atoms with E-state index in [1.807, 2.05) is 0 Å². The Morgan fingerprint density at radius 1 is 1.50 bits per heavy atom. The second kappa shape index (κ2) is 5.16. The maximum atomic E-state index is 5.80. The summed E-state index contributed by atoms with van der Waals surface area (Å²) < 4.78 is 11.2. The quantitative estimate of drug-likeness (QED) is 0.883.